The highest BCUT2D eigenvalue weighted by molar-refractivity contribution is 5.70. The molecule has 2 saturated heterocycles. The monoisotopic (exact) mass is 226 g/mol. The second-order valence-electron chi connectivity index (χ2n) is 6.17. The highest BCUT2D eigenvalue weighted by Gasteiger charge is 2.49. The van der Waals surface area contributed by atoms with E-state index in [1.54, 1.807) is 0 Å². The normalized spacial score (nSPS) is 34.0. The largest absolute Gasteiger partial charge is 0.444 e. The molecule has 2 atom stereocenters. The molecule has 16 heavy (non-hydrogen) atoms. The van der Waals surface area contributed by atoms with Crippen LogP contribution in [0.3, 0.4) is 0 Å². The van der Waals surface area contributed by atoms with Crippen molar-refractivity contribution in [3.63, 3.8) is 0 Å². The number of nitrogens with one attached hydrogen (secondary N) is 1. The van der Waals surface area contributed by atoms with Gasteiger partial charge in [0, 0.05) is 19.1 Å². The summed E-state index contributed by atoms with van der Waals surface area (Å²) >= 11 is 0. The molecule has 4 nitrogen and oxygen atoms in total. The first-order valence-electron chi connectivity index (χ1n) is 6.05. The van der Waals surface area contributed by atoms with Crippen LogP contribution in [0.4, 0.5) is 4.79 Å². The van der Waals surface area contributed by atoms with Crippen LogP contribution < -0.4 is 5.32 Å². The summed E-state index contributed by atoms with van der Waals surface area (Å²) in [5.41, 5.74) is -0.455. The minimum atomic E-state index is -0.405. The van der Waals surface area contributed by atoms with Crippen LogP contribution in [0.15, 0.2) is 0 Å². The molecule has 0 aromatic heterocycles. The van der Waals surface area contributed by atoms with Gasteiger partial charge in [0.1, 0.15) is 5.60 Å². The van der Waals surface area contributed by atoms with E-state index in [1.807, 2.05) is 25.7 Å². The minimum Gasteiger partial charge on any atom is -0.444 e. The third-order valence-corrected chi connectivity index (χ3v) is 3.44. The molecule has 0 radical (unpaired) electrons. The van der Waals surface area contributed by atoms with Crippen LogP contribution in [0, 0.1) is 0 Å². The molecular formula is C12H22N2O2. The van der Waals surface area contributed by atoms with Gasteiger partial charge in [-0.25, -0.2) is 4.79 Å². The van der Waals surface area contributed by atoms with Crippen molar-refractivity contribution in [1.82, 2.24) is 10.2 Å². The summed E-state index contributed by atoms with van der Waals surface area (Å²) in [7, 11) is 0. The number of nitrogens with zero attached hydrogens (tertiary/aromatic N) is 1. The molecule has 1 amide bonds. The molecule has 1 N–H and O–H groups in total. The molecule has 0 aliphatic carbocycles. The number of piperazine rings is 1. The van der Waals surface area contributed by atoms with Gasteiger partial charge >= 0.3 is 6.09 Å². The van der Waals surface area contributed by atoms with Gasteiger partial charge in [-0.1, -0.05) is 0 Å². The first kappa shape index (κ1) is 11.7. The van der Waals surface area contributed by atoms with Gasteiger partial charge in [0.2, 0.25) is 0 Å². The lowest BCUT2D eigenvalue weighted by atomic mass is 9.99. The Morgan fingerprint density at radius 2 is 2.19 bits per heavy atom. The molecule has 0 aromatic carbocycles. The number of carbonyl (C=O) groups excluding carboxylic acids is 1. The standard InChI is InChI=1S/C12H22N2O2/c1-11(2,3)16-10(15)14-9-5-6-12(14,4)8-13-7-9/h9,13H,5-8H2,1-4H3/t9-,12?/m0/s1. The van der Waals surface area contributed by atoms with E-state index < -0.39 is 5.60 Å². The van der Waals surface area contributed by atoms with E-state index in [0.29, 0.717) is 6.04 Å². The Labute approximate surface area is 97.3 Å². The van der Waals surface area contributed by atoms with Crippen LogP contribution in [0.5, 0.6) is 0 Å². The average Bonchev–Trinajstić information content (AvgIpc) is 2.30. The number of rotatable bonds is 0. The molecule has 2 rings (SSSR count). The quantitative estimate of drug-likeness (QED) is 0.684. The van der Waals surface area contributed by atoms with E-state index >= 15 is 0 Å². The van der Waals surface area contributed by atoms with Crippen molar-refractivity contribution >= 4 is 6.09 Å². The van der Waals surface area contributed by atoms with E-state index in [0.717, 1.165) is 25.9 Å². The second-order valence-corrected chi connectivity index (χ2v) is 6.17. The smallest absolute Gasteiger partial charge is 0.411 e. The third-order valence-electron chi connectivity index (χ3n) is 3.44. The van der Waals surface area contributed by atoms with E-state index in [1.165, 1.54) is 0 Å². The zero-order valence-corrected chi connectivity index (χ0v) is 10.7. The van der Waals surface area contributed by atoms with Crippen LogP contribution in [0.2, 0.25) is 0 Å². The highest BCUT2D eigenvalue weighted by Crippen LogP contribution is 2.36. The van der Waals surface area contributed by atoms with Gasteiger partial charge in [0.25, 0.3) is 0 Å². The molecule has 0 aromatic rings. The van der Waals surface area contributed by atoms with E-state index in [4.69, 9.17) is 4.74 Å². The lowest BCUT2D eigenvalue weighted by Gasteiger charge is -2.43. The number of hydrogen-bond acceptors (Lipinski definition) is 3. The van der Waals surface area contributed by atoms with Gasteiger partial charge in [-0.3, -0.25) is 4.90 Å². The summed E-state index contributed by atoms with van der Waals surface area (Å²) < 4.78 is 5.48. The van der Waals surface area contributed by atoms with Gasteiger partial charge in [0.05, 0.1) is 5.54 Å². The maximum Gasteiger partial charge on any atom is 0.411 e. The SMILES string of the molecule is CC(C)(C)OC(=O)N1[C@H]2CCC1(C)CNC2. The highest BCUT2D eigenvalue weighted by atomic mass is 16.6. The van der Waals surface area contributed by atoms with Crippen molar-refractivity contribution < 1.29 is 9.53 Å². The summed E-state index contributed by atoms with van der Waals surface area (Å²) in [6.45, 7) is 9.66. The maximum atomic E-state index is 12.2. The molecular weight excluding hydrogens is 204 g/mol. The van der Waals surface area contributed by atoms with E-state index in [2.05, 4.69) is 12.2 Å². The maximum absolute atomic E-state index is 12.2. The lowest BCUT2D eigenvalue weighted by molar-refractivity contribution is -0.00607. The van der Waals surface area contributed by atoms with Crippen molar-refractivity contribution in [2.75, 3.05) is 13.1 Å². The molecule has 1 unspecified atom stereocenters. The predicted molar refractivity (Wildman–Crippen MR) is 62.4 cm³/mol. The Kier molecular flexibility index (Phi) is 2.65. The number of ether oxygens (including phenoxy) is 1. The second kappa shape index (κ2) is 3.62. The van der Waals surface area contributed by atoms with Crippen LogP contribution >= 0.6 is 0 Å². The fraction of sp³-hybridized carbons (Fsp3) is 0.917. The minimum absolute atomic E-state index is 0.0503. The van der Waals surface area contributed by atoms with Crippen molar-refractivity contribution in [2.45, 2.75) is 57.7 Å². The molecule has 92 valence electrons. The Balaban J connectivity index is 2.12. The summed E-state index contributed by atoms with van der Waals surface area (Å²) in [5, 5.41) is 3.39. The van der Waals surface area contributed by atoms with Gasteiger partial charge < -0.3 is 10.1 Å². The molecule has 4 heteroatoms. The van der Waals surface area contributed by atoms with Gasteiger partial charge in [-0.2, -0.15) is 0 Å². The Morgan fingerprint density at radius 3 is 2.75 bits per heavy atom. The average molecular weight is 226 g/mol. The topological polar surface area (TPSA) is 41.6 Å². The van der Waals surface area contributed by atoms with Crippen LogP contribution in [0.1, 0.15) is 40.5 Å². The summed E-state index contributed by atoms with van der Waals surface area (Å²) in [6.07, 6.45) is 2.01. The Bertz CT molecular complexity index is 294. The summed E-state index contributed by atoms with van der Waals surface area (Å²) in [6, 6.07) is 0.314. The predicted octanol–water partition coefficient (Wildman–Crippen LogP) is 1.75. The van der Waals surface area contributed by atoms with E-state index in [9.17, 15) is 4.79 Å². The molecule has 2 aliphatic rings. The fourth-order valence-electron chi connectivity index (χ4n) is 2.72. The number of hydrogen-bond donors (Lipinski definition) is 1. The van der Waals surface area contributed by atoms with Crippen molar-refractivity contribution in [2.24, 2.45) is 0 Å². The zero-order chi connectivity index (χ0) is 12.0. The Morgan fingerprint density at radius 1 is 1.50 bits per heavy atom. The number of fused-ring (bicyclic) bond motifs is 2. The van der Waals surface area contributed by atoms with Crippen molar-refractivity contribution in [1.29, 1.82) is 0 Å². The molecule has 2 bridgehead atoms. The fourth-order valence-corrected chi connectivity index (χ4v) is 2.72. The lowest BCUT2D eigenvalue weighted by Crippen LogP contribution is -2.61. The van der Waals surface area contributed by atoms with Crippen molar-refractivity contribution in [3.05, 3.63) is 0 Å². The molecule has 2 fully saturated rings. The zero-order valence-electron chi connectivity index (χ0n) is 10.7. The van der Waals surface area contributed by atoms with Crippen molar-refractivity contribution in [3.8, 4) is 0 Å². The van der Waals surface area contributed by atoms with Gasteiger partial charge in [-0.05, 0) is 40.5 Å². The van der Waals surface area contributed by atoms with Crippen LogP contribution in [0.25, 0.3) is 0 Å². The molecule has 2 heterocycles. The number of amides is 1. The molecule has 0 saturated carbocycles. The third kappa shape index (κ3) is 2.03. The van der Waals surface area contributed by atoms with Gasteiger partial charge in [0.15, 0.2) is 0 Å². The Hall–Kier alpha value is -0.770. The summed E-state index contributed by atoms with van der Waals surface area (Å²) in [5.74, 6) is 0. The number of carbonyl (C=O) groups is 1. The summed E-state index contributed by atoms with van der Waals surface area (Å²) in [4.78, 5) is 14.1. The molecule has 0 spiro atoms. The first-order chi connectivity index (χ1) is 7.32. The first-order valence-corrected chi connectivity index (χ1v) is 6.05. The van der Waals surface area contributed by atoms with E-state index in [-0.39, 0.29) is 11.6 Å². The van der Waals surface area contributed by atoms with Gasteiger partial charge in [-0.15, -0.1) is 0 Å². The van der Waals surface area contributed by atoms with Crippen LogP contribution in [-0.4, -0.2) is 41.3 Å². The van der Waals surface area contributed by atoms with Crippen LogP contribution in [-0.2, 0) is 4.74 Å². The molecule has 2 aliphatic heterocycles.